The number of hydrogen-bond acceptors (Lipinski definition) is 5. The van der Waals surface area contributed by atoms with E-state index < -0.39 is 33.3 Å². The number of rotatable bonds is 7. The number of anilines is 1. The molecule has 2 amide bonds. The number of sulfonamides is 1. The first kappa shape index (κ1) is 30.7. The van der Waals surface area contributed by atoms with Gasteiger partial charge in [-0.25, -0.2) is 8.42 Å². The lowest BCUT2D eigenvalue weighted by atomic mass is 9.70. The molecule has 0 saturated carbocycles. The average molecular weight is 706 g/mol. The molecule has 7 rings (SSSR count). The molecule has 5 aromatic carbocycles. The Bertz CT molecular complexity index is 2220. The minimum Gasteiger partial charge on any atom is -0.458 e. The number of carbonyl (C=O) groups excluding carboxylic acids is 2. The molecular weight excluding hydrogens is 676 g/mol. The van der Waals surface area contributed by atoms with Crippen molar-refractivity contribution in [1.29, 1.82) is 0 Å². The number of halogens is 1. The quantitative estimate of drug-likeness (QED) is 0.183. The molecule has 0 radical (unpaired) electrons. The third kappa shape index (κ3) is 5.35. The number of hydrogen-bond donors (Lipinski definition) is 1. The normalized spacial score (nSPS) is 17.8. The molecule has 1 aliphatic heterocycles. The molecule has 7 nitrogen and oxygen atoms in total. The third-order valence-corrected chi connectivity index (χ3v) is 10.8. The van der Waals surface area contributed by atoms with Crippen LogP contribution < -0.4 is 9.62 Å². The first-order chi connectivity index (χ1) is 22.7. The van der Waals surface area contributed by atoms with Gasteiger partial charge in [0, 0.05) is 21.8 Å². The summed E-state index contributed by atoms with van der Waals surface area (Å²) in [5.74, 6) is -1.97. The highest BCUT2D eigenvalue weighted by Crippen LogP contribution is 2.52. The molecule has 0 aliphatic carbocycles. The first-order valence-electron chi connectivity index (χ1n) is 15.0. The minimum atomic E-state index is -4.51. The Morgan fingerprint density at radius 3 is 2.13 bits per heavy atom. The third-order valence-electron chi connectivity index (χ3n) is 8.58. The highest BCUT2D eigenvalue weighted by Gasteiger charge is 2.60. The lowest BCUT2D eigenvalue weighted by molar-refractivity contribution is -0.124. The molecule has 1 aliphatic rings. The van der Waals surface area contributed by atoms with E-state index in [-0.39, 0.29) is 22.8 Å². The van der Waals surface area contributed by atoms with E-state index in [0.717, 1.165) is 19.9 Å². The van der Waals surface area contributed by atoms with Crippen molar-refractivity contribution in [3.8, 4) is 0 Å². The van der Waals surface area contributed by atoms with Crippen LogP contribution in [-0.2, 0) is 21.2 Å². The van der Waals surface area contributed by atoms with E-state index in [4.69, 9.17) is 4.42 Å². The molecule has 234 valence electrons. The summed E-state index contributed by atoms with van der Waals surface area (Å²) in [5.41, 5.74) is 1.29. The number of nitrogens with one attached hydrogen (secondary N) is 1. The number of fused-ring (bicyclic) bond motifs is 3. The number of furan rings is 1. The number of nitrogens with zero attached hydrogens (tertiary/aromatic N) is 1. The van der Waals surface area contributed by atoms with Crippen molar-refractivity contribution in [2.75, 3.05) is 4.31 Å². The maximum Gasteiger partial charge on any atom is 0.271 e. The van der Waals surface area contributed by atoms with Gasteiger partial charge in [0.2, 0.25) is 0 Å². The topological polar surface area (TPSA) is 96.7 Å². The summed E-state index contributed by atoms with van der Waals surface area (Å²) >= 11 is 3.51. The number of benzene rings is 5. The van der Waals surface area contributed by atoms with Gasteiger partial charge < -0.3 is 9.73 Å². The smallest absolute Gasteiger partial charge is 0.271 e. The maximum absolute atomic E-state index is 15.5. The first-order valence-corrected chi connectivity index (χ1v) is 17.3. The van der Waals surface area contributed by atoms with Crippen molar-refractivity contribution >= 4 is 54.4 Å². The summed E-state index contributed by atoms with van der Waals surface area (Å²) in [6, 6.07) is 38.7. The van der Waals surface area contributed by atoms with Crippen LogP contribution in [0.2, 0.25) is 0 Å². The van der Waals surface area contributed by atoms with Gasteiger partial charge in [-0.05, 0) is 66.6 Å². The molecule has 0 saturated heterocycles. The van der Waals surface area contributed by atoms with Crippen LogP contribution in [0.25, 0.3) is 11.0 Å². The molecule has 47 heavy (non-hydrogen) atoms. The summed E-state index contributed by atoms with van der Waals surface area (Å²) in [5, 5.41) is 3.56. The highest BCUT2D eigenvalue weighted by atomic mass is 79.9. The molecule has 0 spiro atoms. The Kier molecular flexibility index (Phi) is 7.82. The molecule has 1 aromatic heterocycles. The zero-order valence-corrected chi connectivity index (χ0v) is 27.7. The summed E-state index contributed by atoms with van der Waals surface area (Å²) in [6.45, 7) is 1.86. The van der Waals surface area contributed by atoms with Gasteiger partial charge in [0.15, 0.2) is 0 Å². The fraction of sp³-hybridized carbons (Fsp3) is 0.105. The molecule has 0 unspecified atom stereocenters. The van der Waals surface area contributed by atoms with Crippen molar-refractivity contribution in [3.05, 3.63) is 166 Å². The van der Waals surface area contributed by atoms with Gasteiger partial charge in [0.1, 0.15) is 22.6 Å². The number of amides is 2. The lowest BCUT2D eigenvalue weighted by Gasteiger charge is -2.46. The van der Waals surface area contributed by atoms with Gasteiger partial charge in [-0.1, -0.05) is 106 Å². The molecule has 9 heteroatoms. The van der Waals surface area contributed by atoms with Crippen LogP contribution in [0.15, 0.2) is 147 Å². The number of aryl methyl sites for hydroxylation is 1. The van der Waals surface area contributed by atoms with Gasteiger partial charge in [-0.3, -0.25) is 9.59 Å². The number of carbonyl (C=O) groups is 2. The van der Waals surface area contributed by atoms with Crippen molar-refractivity contribution in [3.63, 3.8) is 0 Å². The Morgan fingerprint density at radius 2 is 1.45 bits per heavy atom. The minimum absolute atomic E-state index is 0.0254. The van der Waals surface area contributed by atoms with Gasteiger partial charge in [0.05, 0.1) is 10.8 Å². The molecule has 2 heterocycles. The lowest BCUT2D eigenvalue weighted by Crippen LogP contribution is -2.67. The van der Waals surface area contributed by atoms with Crippen molar-refractivity contribution in [2.24, 2.45) is 0 Å². The van der Waals surface area contributed by atoms with Crippen LogP contribution in [-0.4, -0.2) is 25.8 Å². The summed E-state index contributed by atoms with van der Waals surface area (Å²) in [6.07, 6.45) is -0.0254. The fourth-order valence-electron chi connectivity index (χ4n) is 6.35. The van der Waals surface area contributed by atoms with E-state index in [9.17, 15) is 13.2 Å². The Balaban J connectivity index is 1.57. The summed E-state index contributed by atoms with van der Waals surface area (Å²) in [7, 11) is -4.51. The maximum atomic E-state index is 15.5. The van der Waals surface area contributed by atoms with E-state index in [1.807, 2.05) is 61.5 Å². The monoisotopic (exact) mass is 704 g/mol. The van der Waals surface area contributed by atoms with E-state index >= 15 is 4.79 Å². The van der Waals surface area contributed by atoms with Crippen molar-refractivity contribution < 1.29 is 22.4 Å². The van der Waals surface area contributed by atoms with Crippen LogP contribution >= 0.6 is 15.9 Å². The fourth-order valence-corrected chi connectivity index (χ4v) is 8.12. The van der Waals surface area contributed by atoms with Crippen LogP contribution in [0.3, 0.4) is 0 Å². The van der Waals surface area contributed by atoms with E-state index in [1.54, 1.807) is 66.7 Å². The van der Waals surface area contributed by atoms with E-state index in [2.05, 4.69) is 21.2 Å². The van der Waals surface area contributed by atoms with Crippen molar-refractivity contribution in [2.45, 2.75) is 29.7 Å². The second-order valence-electron chi connectivity index (χ2n) is 11.6. The molecule has 2 atom stereocenters. The zero-order chi connectivity index (χ0) is 32.8. The SMILES string of the molecule is Cc1ccc(S(=O)(=O)N2C(=O)[C@](Cc3ccccc3)(NC(=O)c3ccccc3)[C@H](c3ccc(Br)cc3)c3oc4ccccc4c32)cc1. The summed E-state index contributed by atoms with van der Waals surface area (Å²) < 4.78 is 37.7. The molecule has 6 aromatic rings. The van der Waals surface area contributed by atoms with Gasteiger partial charge in [-0.15, -0.1) is 0 Å². The largest absolute Gasteiger partial charge is 0.458 e. The van der Waals surface area contributed by atoms with Crippen LogP contribution in [0.4, 0.5) is 5.69 Å². The second kappa shape index (κ2) is 12.0. The van der Waals surface area contributed by atoms with Crippen molar-refractivity contribution in [1.82, 2.24) is 5.32 Å². The Hall–Kier alpha value is -4.99. The number of para-hydroxylation sites is 1. The predicted molar refractivity (Wildman–Crippen MR) is 185 cm³/mol. The van der Waals surface area contributed by atoms with Crippen LogP contribution in [0.5, 0.6) is 0 Å². The van der Waals surface area contributed by atoms with E-state index in [1.165, 1.54) is 12.1 Å². The van der Waals surface area contributed by atoms with Crippen LogP contribution in [0.1, 0.15) is 38.7 Å². The average Bonchev–Trinajstić information content (AvgIpc) is 3.45. The van der Waals surface area contributed by atoms with Crippen LogP contribution in [0, 0.1) is 6.92 Å². The van der Waals surface area contributed by atoms with Gasteiger partial charge in [-0.2, -0.15) is 4.31 Å². The highest BCUT2D eigenvalue weighted by molar-refractivity contribution is 9.10. The van der Waals surface area contributed by atoms with E-state index in [0.29, 0.717) is 22.1 Å². The second-order valence-corrected chi connectivity index (χ2v) is 14.3. The standard InChI is InChI=1S/C38H29BrN2O5S/c1-25-16-22-30(23-17-25)47(44,45)41-34-31-14-8-9-15-32(31)46-35(34)33(27-18-20-29(39)21-19-27)38(37(41)43,24-26-10-4-2-5-11-26)40-36(42)28-12-6-3-7-13-28/h2-23,33H,24H2,1H3,(H,40,42)/t33-,38-/m1/s1. The molecule has 0 bridgehead atoms. The zero-order valence-electron chi connectivity index (χ0n) is 25.3. The molecular formula is C38H29BrN2O5S. The summed E-state index contributed by atoms with van der Waals surface area (Å²) in [4.78, 5) is 29.6. The Morgan fingerprint density at radius 1 is 0.830 bits per heavy atom. The predicted octanol–water partition coefficient (Wildman–Crippen LogP) is 7.78. The van der Waals surface area contributed by atoms with Gasteiger partial charge in [0.25, 0.3) is 21.8 Å². The van der Waals surface area contributed by atoms with Gasteiger partial charge >= 0.3 is 0 Å². The molecule has 1 N–H and O–H groups in total. The molecule has 0 fully saturated rings. The Labute approximate surface area is 281 Å².